The zero-order chi connectivity index (χ0) is 13.0. The molecule has 1 amide bonds. The number of aryl methyl sites for hydroxylation is 1. The fourth-order valence-corrected chi connectivity index (χ4v) is 1.71. The van der Waals surface area contributed by atoms with E-state index in [9.17, 15) is 4.79 Å². The lowest BCUT2D eigenvalue weighted by Crippen LogP contribution is -2.07. The Morgan fingerprint density at radius 2 is 2.17 bits per heavy atom. The Morgan fingerprint density at radius 3 is 2.78 bits per heavy atom. The second-order valence-corrected chi connectivity index (χ2v) is 4.14. The molecule has 0 unspecified atom stereocenters. The van der Waals surface area contributed by atoms with Crippen LogP contribution in [0.15, 0.2) is 41.0 Å². The summed E-state index contributed by atoms with van der Waals surface area (Å²) in [6, 6.07) is 9.60. The highest BCUT2D eigenvalue weighted by Crippen LogP contribution is 2.20. The van der Waals surface area contributed by atoms with Crippen molar-refractivity contribution >= 4 is 17.3 Å². The monoisotopic (exact) mass is 244 g/mol. The molecule has 94 valence electrons. The van der Waals surface area contributed by atoms with Crippen LogP contribution in [0.3, 0.4) is 0 Å². The Kier molecular flexibility index (Phi) is 3.67. The number of benzene rings is 1. The van der Waals surface area contributed by atoms with Crippen LogP contribution >= 0.6 is 0 Å². The molecule has 1 heterocycles. The summed E-state index contributed by atoms with van der Waals surface area (Å²) in [5.74, 6) is 0.827. The molecule has 0 fully saturated rings. The van der Waals surface area contributed by atoms with Crippen molar-refractivity contribution in [1.82, 2.24) is 0 Å². The van der Waals surface area contributed by atoms with Crippen molar-refractivity contribution in [1.29, 1.82) is 0 Å². The van der Waals surface area contributed by atoms with E-state index in [4.69, 9.17) is 4.42 Å². The summed E-state index contributed by atoms with van der Waals surface area (Å²) in [4.78, 5) is 11.0. The number of amides is 1. The molecule has 0 atom stereocenters. The zero-order valence-electron chi connectivity index (χ0n) is 10.5. The molecule has 0 saturated heterocycles. The average molecular weight is 244 g/mol. The Balaban J connectivity index is 2.02. The van der Waals surface area contributed by atoms with Crippen molar-refractivity contribution < 1.29 is 9.21 Å². The maximum absolute atomic E-state index is 11.0. The minimum atomic E-state index is -0.0607. The Hall–Kier alpha value is -2.23. The first kappa shape index (κ1) is 12.2. The van der Waals surface area contributed by atoms with Crippen LogP contribution in [-0.4, -0.2) is 5.91 Å². The van der Waals surface area contributed by atoms with Gasteiger partial charge in [0, 0.05) is 18.3 Å². The maximum atomic E-state index is 11.0. The van der Waals surface area contributed by atoms with Gasteiger partial charge in [0.25, 0.3) is 0 Å². The molecule has 18 heavy (non-hydrogen) atoms. The van der Waals surface area contributed by atoms with Crippen molar-refractivity contribution in [2.24, 2.45) is 0 Å². The first-order valence-electron chi connectivity index (χ1n) is 5.79. The van der Waals surface area contributed by atoms with Crippen molar-refractivity contribution in [3.8, 4) is 0 Å². The lowest BCUT2D eigenvalue weighted by atomic mass is 10.1. The van der Waals surface area contributed by atoms with Gasteiger partial charge in [0.05, 0.1) is 12.8 Å². The SMILES string of the molecule is CC(=O)Nc1ccc(NCc2ccco2)cc1C. The lowest BCUT2D eigenvalue weighted by Gasteiger charge is -2.10. The number of hydrogen-bond donors (Lipinski definition) is 2. The van der Waals surface area contributed by atoms with E-state index in [0.29, 0.717) is 6.54 Å². The van der Waals surface area contributed by atoms with E-state index in [2.05, 4.69) is 10.6 Å². The van der Waals surface area contributed by atoms with Crippen molar-refractivity contribution in [2.75, 3.05) is 10.6 Å². The number of rotatable bonds is 4. The van der Waals surface area contributed by atoms with Crippen LogP contribution in [0, 0.1) is 6.92 Å². The van der Waals surface area contributed by atoms with Crippen LogP contribution in [0.25, 0.3) is 0 Å². The molecule has 0 spiro atoms. The van der Waals surface area contributed by atoms with Gasteiger partial charge in [-0.15, -0.1) is 0 Å². The third kappa shape index (κ3) is 3.13. The molecule has 1 aromatic heterocycles. The largest absolute Gasteiger partial charge is 0.467 e. The molecule has 0 bridgehead atoms. The normalized spacial score (nSPS) is 10.1. The van der Waals surface area contributed by atoms with E-state index < -0.39 is 0 Å². The molecular weight excluding hydrogens is 228 g/mol. The molecule has 0 aliphatic rings. The van der Waals surface area contributed by atoms with Crippen molar-refractivity contribution in [3.63, 3.8) is 0 Å². The predicted octanol–water partition coefficient (Wildman–Crippen LogP) is 3.16. The highest BCUT2D eigenvalue weighted by atomic mass is 16.3. The molecule has 4 heteroatoms. The highest BCUT2D eigenvalue weighted by Gasteiger charge is 2.02. The van der Waals surface area contributed by atoms with E-state index in [-0.39, 0.29) is 5.91 Å². The van der Waals surface area contributed by atoms with Crippen LogP contribution in [-0.2, 0) is 11.3 Å². The number of nitrogens with one attached hydrogen (secondary N) is 2. The Bertz CT molecular complexity index is 533. The third-order valence-corrected chi connectivity index (χ3v) is 2.58. The first-order chi connectivity index (χ1) is 8.65. The molecule has 2 N–H and O–H groups in total. The van der Waals surface area contributed by atoms with E-state index in [1.54, 1.807) is 6.26 Å². The summed E-state index contributed by atoms with van der Waals surface area (Å²) in [7, 11) is 0. The summed E-state index contributed by atoms with van der Waals surface area (Å²) >= 11 is 0. The summed E-state index contributed by atoms with van der Waals surface area (Å²) < 4.78 is 5.24. The predicted molar refractivity (Wildman–Crippen MR) is 71.5 cm³/mol. The second-order valence-electron chi connectivity index (χ2n) is 4.14. The molecule has 0 saturated carbocycles. The summed E-state index contributed by atoms with van der Waals surface area (Å²) in [5.41, 5.74) is 2.86. The molecule has 0 aliphatic heterocycles. The Labute approximate surface area is 106 Å². The van der Waals surface area contributed by atoms with Gasteiger partial charge >= 0.3 is 0 Å². The molecule has 2 aromatic rings. The zero-order valence-corrected chi connectivity index (χ0v) is 10.5. The van der Waals surface area contributed by atoms with Gasteiger partial charge in [-0.05, 0) is 42.8 Å². The topological polar surface area (TPSA) is 54.3 Å². The minimum Gasteiger partial charge on any atom is -0.467 e. The first-order valence-corrected chi connectivity index (χ1v) is 5.79. The molecule has 0 radical (unpaired) electrons. The quantitative estimate of drug-likeness (QED) is 0.868. The molecule has 0 aliphatic carbocycles. The van der Waals surface area contributed by atoms with Gasteiger partial charge in [-0.3, -0.25) is 4.79 Å². The maximum Gasteiger partial charge on any atom is 0.221 e. The summed E-state index contributed by atoms with van der Waals surface area (Å²) in [5, 5.41) is 6.05. The van der Waals surface area contributed by atoms with Gasteiger partial charge < -0.3 is 15.1 Å². The number of carbonyl (C=O) groups is 1. The number of anilines is 2. The molecular formula is C14H16N2O2. The smallest absolute Gasteiger partial charge is 0.221 e. The standard InChI is InChI=1S/C14H16N2O2/c1-10-8-12(5-6-14(10)16-11(2)17)15-9-13-4-3-7-18-13/h3-8,15H,9H2,1-2H3,(H,16,17). The van der Waals surface area contributed by atoms with Crippen molar-refractivity contribution in [2.45, 2.75) is 20.4 Å². The summed E-state index contributed by atoms with van der Waals surface area (Å²) in [6.45, 7) is 4.11. The number of furan rings is 1. The Morgan fingerprint density at radius 1 is 1.33 bits per heavy atom. The number of hydrogen-bond acceptors (Lipinski definition) is 3. The third-order valence-electron chi connectivity index (χ3n) is 2.58. The van der Waals surface area contributed by atoms with E-state index in [1.165, 1.54) is 6.92 Å². The van der Waals surface area contributed by atoms with Crippen LogP contribution in [0.1, 0.15) is 18.2 Å². The lowest BCUT2D eigenvalue weighted by molar-refractivity contribution is -0.114. The van der Waals surface area contributed by atoms with Crippen LogP contribution < -0.4 is 10.6 Å². The minimum absolute atomic E-state index is 0.0607. The van der Waals surface area contributed by atoms with Crippen molar-refractivity contribution in [3.05, 3.63) is 47.9 Å². The fourth-order valence-electron chi connectivity index (χ4n) is 1.71. The average Bonchev–Trinajstić information content (AvgIpc) is 2.82. The highest BCUT2D eigenvalue weighted by molar-refractivity contribution is 5.89. The van der Waals surface area contributed by atoms with E-state index in [1.807, 2.05) is 37.3 Å². The molecule has 4 nitrogen and oxygen atoms in total. The van der Waals surface area contributed by atoms with E-state index in [0.717, 1.165) is 22.7 Å². The van der Waals surface area contributed by atoms with Gasteiger partial charge in [-0.1, -0.05) is 0 Å². The van der Waals surface area contributed by atoms with Crippen LogP contribution in [0.4, 0.5) is 11.4 Å². The van der Waals surface area contributed by atoms with Crippen LogP contribution in [0.5, 0.6) is 0 Å². The van der Waals surface area contributed by atoms with Gasteiger partial charge in [-0.25, -0.2) is 0 Å². The van der Waals surface area contributed by atoms with Gasteiger partial charge in [0.2, 0.25) is 5.91 Å². The van der Waals surface area contributed by atoms with E-state index >= 15 is 0 Å². The van der Waals surface area contributed by atoms with Gasteiger partial charge in [0.15, 0.2) is 0 Å². The molecule has 2 rings (SSSR count). The summed E-state index contributed by atoms with van der Waals surface area (Å²) in [6.07, 6.45) is 1.65. The van der Waals surface area contributed by atoms with Crippen LogP contribution in [0.2, 0.25) is 0 Å². The fraction of sp³-hybridized carbons (Fsp3) is 0.214. The number of carbonyl (C=O) groups excluding carboxylic acids is 1. The second kappa shape index (κ2) is 5.40. The van der Waals surface area contributed by atoms with Gasteiger partial charge in [-0.2, -0.15) is 0 Å². The molecule has 1 aromatic carbocycles. The van der Waals surface area contributed by atoms with Gasteiger partial charge in [0.1, 0.15) is 5.76 Å².